The number of fused-ring (bicyclic) bond motifs is 1. The minimum absolute atomic E-state index is 0.137. The lowest BCUT2D eigenvalue weighted by molar-refractivity contribution is 0.0706. The van der Waals surface area contributed by atoms with Crippen LogP contribution in [0.25, 0.3) is 10.8 Å². The molecule has 0 spiro atoms. The highest BCUT2D eigenvalue weighted by Gasteiger charge is 2.08. The molecule has 2 aromatic rings. The van der Waals surface area contributed by atoms with Gasteiger partial charge in [0, 0.05) is 23.7 Å². The smallest absolute Gasteiger partial charge is 0.274 e. The summed E-state index contributed by atoms with van der Waals surface area (Å²) in [4.78, 5) is 23.3. The van der Waals surface area contributed by atoms with Crippen LogP contribution >= 0.6 is 0 Å². The van der Waals surface area contributed by atoms with Crippen molar-refractivity contribution in [3.05, 3.63) is 46.4 Å². The lowest BCUT2D eigenvalue weighted by Crippen LogP contribution is -2.22. The number of hydrogen-bond donors (Lipinski definition) is 3. The predicted molar refractivity (Wildman–Crippen MR) is 64.5 cm³/mol. The summed E-state index contributed by atoms with van der Waals surface area (Å²) in [6.45, 7) is 0.0629. The lowest BCUT2D eigenvalue weighted by Gasteiger charge is -2.06. The molecule has 0 atom stereocenters. The van der Waals surface area contributed by atoms with Crippen molar-refractivity contribution in [2.24, 2.45) is 0 Å². The molecule has 0 radical (unpaired) electrons. The molecule has 0 saturated carbocycles. The van der Waals surface area contributed by atoms with Crippen LogP contribution < -0.4 is 11.0 Å². The largest absolute Gasteiger partial charge is 0.395 e. The molecule has 0 aliphatic carbocycles. The van der Waals surface area contributed by atoms with E-state index in [2.05, 4.69) is 0 Å². The number of amides is 1. The molecule has 0 unspecified atom stereocenters. The topological polar surface area (TPSA) is 91.6 Å². The molecule has 6 nitrogen and oxygen atoms in total. The summed E-state index contributed by atoms with van der Waals surface area (Å²) in [6, 6.07) is 6.29. The molecule has 1 heterocycles. The zero-order valence-corrected chi connectivity index (χ0v) is 9.46. The number of aliphatic hydroxyl groups is 1. The molecule has 0 aliphatic heterocycles. The van der Waals surface area contributed by atoms with Gasteiger partial charge in [0.1, 0.15) is 0 Å². The third-order valence-corrected chi connectivity index (χ3v) is 2.68. The van der Waals surface area contributed by atoms with Crippen LogP contribution in [0.1, 0.15) is 10.4 Å². The highest BCUT2D eigenvalue weighted by molar-refractivity contribution is 5.97. The van der Waals surface area contributed by atoms with E-state index in [0.29, 0.717) is 10.8 Å². The maximum Gasteiger partial charge on any atom is 0.274 e. The van der Waals surface area contributed by atoms with E-state index in [9.17, 15) is 9.59 Å². The molecule has 94 valence electrons. The van der Waals surface area contributed by atoms with Crippen LogP contribution in [-0.2, 0) is 6.54 Å². The summed E-state index contributed by atoms with van der Waals surface area (Å²) in [5.41, 5.74) is 1.43. The zero-order chi connectivity index (χ0) is 13.1. The Hall–Kier alpha value is -2.18. The number of benzene rings is 1. The highest BCUT2D eigenvalue weighted by atomic mass is 16.5. The molecule has 1 aromatic carbocycles. The van der Waals surface area contributed by atoms with Crippen LogP contribution in [0.2, 0.25) is 0 Å². The molecule has 2 rings (SSSR count). The Kier molecular flexibility index (Phi) is 3.40. The molecule has 0 fully saturated rings. The first-order valence-electron chi connectivity index (χ1n) is 5.36. The zero-order valence-electron chi connectivity index (χ0n) is 9.46. The van der Waals surface area contributed by atoms with E-state index in [-0.39, 0.29) is 24.3 Å². The fraction of sp³-hybridized carbons (Fsp3) is 0.167. The van der Waals surface area contributed by atoms with Gasteiger partial charge in [0.25, 0.3) is 11.5 Å². The standard InChI is InChI=1S/C12H12N2O4/c15-6-5-14-4-3-8-1-2-9(11(16)13-18)7-10(8)12(14)17/h1-4,7,15,18H,5-6H2,(H,13,16). The average molecular weight is 248 g/mol. The quantitative estimate of drug-likeness (QED) is 0.531. The number of aromatic nitrogens is 1. The summed E-state index contributed by atoms with van der Waals surface area (Å²) in [5, 5.41) is 18.5. The number of carbonyl (C=O) groups excluding carboxylic acids is 1. The van der Waals surface area contributed by atoms with Crippen LogP contribution in [-0.4, -0.2) is 27.4 Å². The minimum atomic E-state index is -0.672. The molecule has 3 N–H and O–H groups in total. The summed E-state index contributed by atoms with van der Waals surface area (Å²) >= 11 is 0. The molecular formula is C12H12N2O4. The fourth-order valence-electron chi connectivity index (χ4n) is 1.77. The van der Waals surface area contributed by atoms with Gasteiger partial charge in [-0.1, -0.05) is 6.07 Å². The number of carbonyl (C=O) groups is 1. The van der Waals surface area contributed by atoms with Gasteiger partial charge in [0.05, 0.1) is 6.61 Å². The van der Waals surface area contributed by atoms with Crippen molar-refractivity contribution in [3.63, 3.8) is 0 Å². The summed E-state index contributed by atoms with van der Waals surface area (Å²) in [7, 11) is 0. The molecule has 1 aromatic heterocycles. The number of pyridine rings is 1. The number of aliphatic hydroxyl groups excluding tert-OH is 1. The molecule has 0 bridgehead atoms. The number of rotatable bonds is 3. The maximum atomic E-state index is 12.0. The summed E-state index contributed by atoms with van der Waals surface area (Å²) in [6.07, 6.45) is 1.59. The third-order valence-electron chi connectivity index (χ3n) is 2.68. The van der Waals surface area contributed by atoms with Crippen molar-refractivity contribution >= 4 is 16.7 Å². The van der Waals surface area contributed by atoms with Crippen molar-refractivity contribution in [2.45, 2.75) is 6.54 Å². The van der Waals surface area contributed by atoms with E-state index in [1.807, 2.05) is 0 Å². The van der Waals surface area contributed by atoms with Gasteiger partial charge in [-0.15, -0.1) is 0 Å². The van der Waals surface area contributed by atoms with Crippen LogP contribution in [0.4, 0.5) is 0 Å². The van der Waals surface area contributed by atoms with E-state index < -0.39 is 5.91 Å². The normalized spacial score (nSPS) is 10.6. The van der Waals surface area contributed by atoms with E-state index in [4.69, 9.17) is 10.3 Å². The lowest BCUT2D eigenvalue weighted by atomic mass is 10.1. The Morgan fingerprint density at radius 3 is 2.78 bits per heavy atom. The van der Waals surface area contributed by atoms with Gasteiger partial charge in [-0.25, -0.2) is 5.48 Å². The fourth-order valence-corrected chi connectivity index (χ4v) is 1.77. The Morgan fingerprint density at radius 2 is 2.11 bits per heavy atom. The van der Waals surface area contributed by atoms with E-state index >= 15 is 0 Å². The van der Waals surface area contributed by atoms with E-state index in [1.54, 1.807) is 18.3 Å². The van der Waals surface area contributed by atoms with Gasteiger partial charge in [-0.05, 0) is 23.6 Å². The predicted octanol–water partition coefficient (Wildman–Crippen LogP) is 0.113. The number of hydrogen-bond acceptors (Lipinski definition) is 4. The van der Waals surface area contributed by atoms with Gasteiger partial charge in [-0.3, -0.25) is 14.8 Å². The highest BCUT2D eigenvalue weighted by Crippen LogP contribution is 2.12. The SMILES string of the molecule is O=C(NO)c1ccc2ccn(CCO)c(=O)c2c1. The Labute approximate surface area is 102 Å². The first-order chi connectivity index (χ1) is 8.67. The molecule has 0 saturated heterocycles. The van der Waals surface area contributed by atoms with Crippen molar-refractivity contribution in [3.8, 4) is 0 Å². The Balaban J connectivity index is 2.63. The van der Waals surface area contributed by atoms with Crippen LogP contribution in [0, 0.1) is 0 Å². The van der Waals surface area contributed by atoms with Crippen molar-refractivity contribution < 1.29 is 15.1 Å². The van der Waals surface area contributed by atoms with Crippen molar-refractivity contribution in [2.75, 3.05) is 6.61 Å². The molecule has 6 heteroatoms. The molecule has 1 amide bonds. The van der Waals surface area contributed by atoms with Gasteiger partial charge in [0.2, 0.25) is 0 Å². The van der Waals surface area contributed by atoms with Crippen molar-refractivity contribution in [1.29, 1.82) is 0 Å². The monoisotopic (exact) mass is 248 g/mol. The van der Waals surface area contributed by atoms with Crippen LogP contribution in [0.15, 0.2) is 35.3 Å². The van der Waals surface area contributed by atoms with E-state index in [1.165, 1.54) is 22.2 Å². The second-order valence-electron chi connectivity index (χ2n) is 3.78. The number of nitrogens with zero attached hydrogens (tertiary/aromatic N) is 1. The average Bonchev–Trinajstić information content (AvgIpc) is 2.41. The Morgan fingerprint density at radius 1 is 1.33 bits per heavy atom. The third kappa shape index (κ3) is 2.11. The second-order valence-corrected chi connectivity index (χ2v) is 3.78. The molecule has 18 heavy (non-hydrogen) atoms. The Bertz CT molecular complexity index is 648. The van der Waals surface area contributed by atoms with E-state index in [0.717, 1.165) is 0 Å². The first-order valence-corrected chi connectivity index (χ1v) is 5.36. The molecule has 0 aliphatic rings. The molecular weight excluding hydrogens is 236 g/mol. The summed E-state index contributed by atoms with van der Waals surface area (Å²) < 4.78 is 1.36. The number of nitrogens with one attached hydrogen (secondary N) is 1. The number of hydroxylamine groups is 1. The minimum Gasteiger partial charge on any atom is -0.395 e. The summed E-state index contributed by atoms with van der Waals surface area (Å²) in [5.74, 6) is -0.672. The second kappa shape index (κ2) is 4.99. The van der Waals surface area contributed by atoms with Crippen molar-refractivity contribution in [1.82, 2.24) is 10.0 Å². The van der Waals surface area contributed by atoms with Gasteiger partial charge in [-0.2, -0.15) is 0 Å². The maximum absolute atomic E-state index is 12.0. The van der Waals surface area contributed by atoms with Gasteiger partial charge < -0.3 is 9.67 Å². The first kappa shape index (κ1) is 12.3. The van der Waals surface area contributed by atoms with Gasteiger partial charge >= 0.3 is 0 Å². The van der Waals surface area contributed by atoms with Crippen LogP contribution in [0.3, 0.4) is 0 Å². The van der Waals surface area contributed by atoms with Crippen LogP contribution in [0.5, 0.6) is 0 Å². The van der Waals surface area contributed by atoms with Gasteiger partial charge in [0.15, 0.2) is 0 Å².